The van der Waals surface area contributed by atoms with Gasteiger partial charge in [0.05, 0.1) is 10.4 Å². The van der Waals surface area contributed by atoms with E-state index in [1.165, 1.54) is 36.4 Å². The van der Waals surface area contributed by atoms with E-state index < -0.39 is 27.7 Å². The summed E-state index contributed by atoms with van der Waals surface area (Å²) >= 11 is 4.32. The minimum absolute atomic E-state index is 0.0845. The van der Waals surface area contributed by atoms with E-state index in [1.54, 1.807) is 25.1 Å². The van der Waals surface area contributed by atoms with Gasteiger partial charge in [-0.25, -0.2) is 8.42 Å². The molecule has 176 valence electrons. The van der Waals surface area contributed by atoms with Crippen LogP contribution in [0, 0.1) is 6.92 Å². The van der Waals surface area contributed by atoms with E-state index in [0.29, 0.717) is 36.4 Å². The standard InChI is InChI=1S/C23H16BrF3N2O3S2/c1-13-17-12-14(23(25,26)27)6-11-19(17)33-21(13)22(30)28-15-7-9-16(10-8-15)29-34(31,32)20-5-3-2-4-18(20)24/h2-12,29H,1H3,(H,28,30). The summed E-state index contributed by atoms with van der Waals surface area (Å²) in [5.74, 6) is -0.464. The summed E-state index contributed by atoms with van der Waals surface area (Å²) in [6, 6.07) is 15.8. The average Bonchev–Trinajstić information content (AvgIpc) is 3.10. The summed E-state index contributed by atoms with van der Waals surface area (Å²) in [5, 5.41) is 3.08. The number of fused-ring (bicyclic) bond motifs is 1. The van der Waals surface area contributed by atoms with E-state index in [-0.39, 0.29) is 4.90 Å². The molecule has 1 amide bonds. The second-order valence-corrected chi connectivity index (χ2v) is 10.9. The Hall–Kier alpha value is -2.89. The van der Waals surface area contributed by atoms with Gasteiger partial charge in [0, 0.05) is 20.5 Å². The van der Waals surface area contributed by atoms with Gasteiger partial charge in [0.25, 0.3) is 15.9 Å². The van der Waals surface area contributed by atoms with Crippen molar-refractivity contribution >= 4 is 64.7 Å². The van der Waals surface area contributed by atoms with Crippen molar-refractivity contribution < 1.29 is 26.4 Å². The largest absolute Gasteiger partial charge is 0.416 e. The number of sulfonamides is 1. The Morgan fingerprint density at radius 3 is 2.26 bits per heavy atom. The van der Waals surface area contributed by atoms with Crippen molar-refractivity contribution in [1.29, 1.82) is 0 Å². The molecule has 34 heavy (non-hydrogen) atoms. The molecule has 0 atom stereocenters. The highest BCUT2D eigenvalue weighted by Crippen LogP contribution is 2.37. The fourth-order valence-corrected chi connectivity index (χ4v) is 6.44. The van der Waals surface area contributed by atoms with Crippen LogP contribution < -0.4 is 10.0 Å². The van der Waals surface area contributed by atoms with Crippen LogP contribution in [0.5, 0.6) is 0 Å². The van der Waals surface area contributed by atoms with Crippen molar-refractivity contribution in [2.45, 2.75) is 18.0 Å². The molecule has 0 saturated carbocycles. The van der Waals surface area contributed by atoms with Crippen LogP contribution in [-0.4, -0.2) is 14.3 Å². The van der Waals surface area contributed by atoms with Crippen LogP contribution in [0.15, 0.2) is 76.1 Å². The minimum Gasteiger partial charge on any atom is -0.321 e. The Balaban J connectivity index is 1.52. The van der Waals surface area contributed by atoms with Crippen LogP contribution in [0.2, 0.25) is 0 Å². The molecule has 2 N–H and O–H groups in total. The summed E-state index contributed by atoms with van der Waals surface area (Å²) in [5.41, 5.74) is 0.392. The van der Waals surface area contributed by atoms with Gasteiger partial charge in [0.2, 0.25) is 0 Å². The lowest BCUT2D eigenvalue weighted by molar-refractivity contribution is -0.137. The molecule has 0 aliphatic rings. The molecule has 0 saturated heterocycles. The molecule has 0 radical (unpaired) electrons. The Kier molecular flexibility index (Phi) is 6.45. The lowest BCUT2D eigenvalue weighted by Crippen LogP contribution is -2.14. The normalized spacial score (nSPS) is 12.0. The Labute approximate surface area is 205 Å². The lowest BCUT2D eigenvalue weighted by Gasteiger charge is -2.10. The molecule has 1 aromatic heterocycles. The number of aryl methyl sites for hydroxylation is 1. The van der Waals surface area contributed by atoms with Crippen molar-refractivity contribution in [2.75, 3.05) is 10.0 Å². The Morgan fingerprint density at radius 2 is 1.62 bits per heavy atom. The number of thiophene rings is 1. The molecule has 0 aliphatic heterocycles. The molecule has 0 unspecified atom stereocenters. The summed E-state index contributed by atoms with van der Waals surface area (Å²) in [6.07, 6.45) is -4.47. The summed E-state index contributed by atoms with van der Waals surface area (Å²) < 4.78 is 67.8. The van der Waals surface area contributed by atoms with E-state index in [0.717, 1.165) is 23.5 Å². The van der Waals surface area contributed by atoms with Crippen molar-refractivity contribution in [3.05, 3.63) is 87.2 Å². The first kappa shape index (κ1) is 24.2. The van der Waals surface area contributed by atoms with Gasteiger partial charge in [-0.05, 0) is 88.4 Å². The first-order chi connectivity index (χ1) is 16.0. The van der Waals surface area contributed by atoms with Crippen LogP contribution in [0.1, 0.15) is 20.8 Å². The summed E-state index contributed by atoms with van der Waals surface area (Å²) in [7, 11) is -3.82. The Bertz CT molecular complexity index is 1500. The zero-order valence-corrected chi connectivity index (χ0v) is 20.6. The number of alkyl halides is 3. The Morgan fingerprint density at radius 1 is 0.971 bits per heavy atom. The highest BCUT2D eigenvalue weighted by atomic mass is 79.9. The second-order valence-electron chi connectivity index (χ2n) is 7.33. The topological polar surface area (TPSA) is 75.3 Å². The zero-order valence-electron chi connectivity index (χ0n) is 17.4. The average molecular weight is 569 g/mol. The van der Waals surface area contributed by atoms with Gasteiger partial charge in [-0.3, -0.25) is 9.52 Å². The number of amides is 1. The molecule has 11 heteroatoms. The van der Waals surface area contributed by atoms with Gasteiger partial charge < -0.3 is 5.32 Å². The summed E-state index contributed by atoms with van der Waals surface area (Å²) in [4.78, 5) is 13.2. The molecule has 0 fully saturated rings. The van der Waals surface area contributed by atoms with E-state index in [4.69, 9.17) is 0 Å². The molecule has 5 nitrogen and oxygen atoms in total. The van der Waals surface area contributed by atoms with Gasteiger partial charge in [-0.15, -0.1) is 11.3 Å². The van der Waals surface area contributed by atoms with Gasteiger partial charge in [0.15, 0.2) is 0 Å². The number of carbonyl (C=O) groups excluding carboxylic acids is 1. The number of anilines is 2. The SMILES string of the molecule is Cc1c(C(=O)Nc2ccc(NS(=O)(=O)c3ccccc3Br)cc2)sc2ccc(C(F)(F)F)cc12. The van der Waals surface area contributed by atoms with Gasteiger partial charge >= 0.3 is 6.18 Å². The molecule has 0 bridgehead atoms. The predicted octanol–water partition coefficient (Wildman–Crippen LogP) is 7.04. The smallest absolute Gasteiger partial charge is 0.321 e. The number of nitrogens with one attached hydrogen (secondary N) is 2. The van der Waals surface area contributed by atoms with Gasteiger partial charge in [-0.1, -0.05) is 12.1 Å². The zero-order chi connectivity index (χ0) is 24.7. The molecule has 0 spiro atoms. The van der Waals surface area contributed by atoms with Crippen LogP contribution in [-0.2, 0) is 16.2 Å². The van der Waals surface area contributed by atoms with Crippen LogP contribution in [0.25, 0.3) is 10.1 Å². The van der Waals surface area contributed by atoms with Crippen LogP contribution >= 0.6 is 27.3 Å². The third-order valence-corrected chi connectivity index (χ3v) is 8.66. The molecule has 0 aliphatic carbocycles. The molecule has 4 rings (SSSR count). The predicted molar refractivity (Wildman–Crippen MR) is 131 cm³/mol. The minimum atomic E-state index is -4.47. The quantitative estimate of drug-likeness (QED) is 0.271. The molecular weight excluding hydrogens is 553 g/mol. The van der Waals surface area contributed by atoms with E-state index >= 15 is 0 Å². The van der Waals surface area contributed by atoms with Crippen molar-refractivity contribution in [1.82, 2.24) is 0 Å². The maximum Gasteiger partial charge on any atom is 0.416 e. The highest BCUT2D eigenvalue weighted by Gasteiger charge is 2.31. The van der Waals surface area contributed by atoms with Gasteiger partial charge in [-0.2, -0.15) is 13.2 Å². The number of hydrogen-bond acceptors (Lipinski definition) is 4. The number of halogens is 4. The van der Waals surface area contributed by atoms with Crippen molar-refractivity contribution in [2.24, 2.45) is 0 Å². The van der Waals surface area contributed by atoms with E-state index in [2.05, 4.69) is 26.0 Å². The number of benzene rings is 3. The number of rotatable bonds is 5. The third-order valence-electron chi connectivity index (χ3n) is 4.99. The van der Waals surface area contributed by atoms with E-state index in [1.807, 2.05) is 0 Å². The molecule has 4 aromatic rings. The first-order valence-electron chi connectivity index (χ1n) is 9.75. The molecular formula is C23H16BrF3N2O3S2. The fraction of sp³-hybridized carbons (Fsp3) is 0.0870. The lowest BCUT2D eigenvalue weighted by atomic mass is 10.1. The summed E-state index contributed by atoms with van der Waals surface area (Å²) in [6.45, 7) is 1.60. The maximum atomic E-state index is 13.0. The first-order valence-corrected chi connectivity index (χ1v) is 12.8. The molecule has 3 aromatic carbocycles. The van der Waals surface area contributed by atoms with Crippen molar-refractivity contribution in [3.63, 3.8) is 0 Å². The third kappa shape index (κ3) is 4.96. The van der Waals surface area contributed by atoms with Crippen LogP contribution in [0.3, 0.4) is 0 Å². The second kappa shape index (κ2) is 9.05. The highest BCUT2D eigenvalue weighted by molar-refractivity contribution is 9.10. The maximum absolute atomic E-state index is 13.0. The fourth-order valence-electron chi connectivity index (χ4n) is 3.30. The van der Waals surface area contributed by atoms with E-state index in [9.17, 15) is 26.4 Å². The number of hydrogen-bond donors (Lipinski definition) is 2. The number of carbonyl (C=O) groups is 1. The van der Waals surface area contributed by atoms with Crippen molar-refractivity contribution in [3.8, 4) is 0 Å². The van der Waals surface area contributed by atoms with Gasteiger partial charge in [0.1, 0.15) is 4.90 Å². The van der Waals surface area contributed by atoms with Crippen LogP contribution in [0.4, 0.5) is 24.5 Å². The monoisotopic (exact) mass is 568 g/mol. The molecule has 1 heterocycles.